The van der Waals surface area contributed by atoms with Crippen molar-refractivity contribution in [2.75, 3.05) is 6.54 Å². The van der Waals surface area contributed by atoms with Gasteiger partial charge in [-0.25, -0.2) is 0 Å². The zero-order chi connectivity index (χ0) is 13.8. The molecule has 18 heavy (non-hydrogen) atoms. The number of rotatable bonds is 5. The first kappa shape index (κ1) is 14.0. The molecule has 1 aromatic carbocycles. The maximum absolute atomic E-state index is 11.7. The van der Waals surface area contributed by atoms with Crippen molar-refractivity contribution in [3.63, 3.8) is 0 Å². The van der Waals surface area contributed by atoms with E-state index in [1.807, 2.05) is 19.1 Å². The molecular weight excluding hydrogens is 234 g/mol. The zero-order valence-electron chi connectivity index (χ0n) is 10.7. The molecule has 5 nitrogen and oxygen atoms in total. The molecule has 2 N–H and O–H groups in total. The van der Waals surface area contributed by atoms with E-state index in [-0.39, 0.29) is 0 Å². The number of carbonyl (C=O) groups is 2. The van der Waals surface area contributed by atoms with E-state index in [2.05, 4.69) is 5.32 Å². The summed E-state index contributed by atoms with van der Waals surface area (Å²) in [4.78, 5) is 22.1. The lowest BCUT2D eigenvalue weighted by molar-refractivity contribution is -0.141. The third-order valence-corrected chi connectivity index (χ3v) is 2.34. The first-order valence-corrected chi connectivity index (χ1v) is 5.57. The van der Waals surface area contributed by atoms with Crippen molar-refractivity contribution in [1.29, 1.82) is 0 Å². The van der Waals surface area contributed by atoms with Gasteiger partial charge in [-0.05, 0) is 32.9 Å². The third kappa shape index (κ3) is 4.08. The fraction of sp³-hybridized carbons (Fsp3) is 0.385. The van der Waals surface area contributed by atoms with Crippen molar-refractivity contribution in [1.82, 2.24) is 5.32 Å². The number of carboxylic acid groups (broad SMARTS) is 1. The molecule has 0 aliphatic heterocycles. The second-order valence-corrected chi connectivity index (χ2v) is 4.50. The van der Waals surface area contributed by atoms with Crippen molar-refractivity contribution in [3.05, 3.63) is 29.8 Å². The van der Waals surface area contributed by atoms with Gasteiger partial charge in [0.05, 0.1) is 0 Å². The van der Waals surface area contributed by atoms with Crippen LogP contribution in [-0.2, 0) is 9.59 Å². The molecule has 0 aliphatic carbocycles. The Morgan fingerprint density at radius 3 is 2.33 bits per heavy atom. The SMILES string of the molecule is Cc1ccc(OC(C)(C)C(=O)NCC(=O)O)cc1. The molecule has 0 saturated heterocycles. The number of ether oxygens (including phenoxy) is 1. The van der Waals surface area contributed by atoms with Crippen molar-refractivity contribution in [3.8, 4) is 5.75 Å². The summed E-state index contributed by atoms with van der Waals surface area (Å²) < 4.78 is 5.55. The maximum atomic E-state index is 11.7. The monoisotopic (exact) mass is 251 g/mol. The van der Waals surface area contributed by atoms with Crippen LogP contribution in [0, 0.1) is 6.92 Å². The molecule has 1 rings (SSSR count). The Balaban J connectivity index is 2.65. The minimum Gasteiger partial charge on any atom is -0.480 e. The molecule has 0 spiro atoms. The first-order valence-electron chi connectivity index (χ1n) is 5.57. The number of carbonyl (C=O) groups excluding carboxylic acids is 1. The number of nitrogens with one attached hydrogen (secondary N) is 1. The van der Waals surface area contributed by atoms with Crippen molar-refractivity contribution in [2.45, 2.75) is 26.4 Å². The van der Waals surface area contributed by atoms with Crippen LogP contribution in [0.5, 0.6) is 5.75 Å². The molecule has 0 fully saturated rings. The largest absolute Gasteiger partial charge is 0.480 e. The van der Waals surface area contributed by atoms with Gasteiger partial charge in [0.25, 0.3) is 5.91 Å². The van der Waals surface area contributed by atoms with E-state index in [0.29, 0.717) is 5.75 Å². The number of benzene rings is 1. The summed E-state index contributed by atoms with van der Waals surface area (Å²) in [5.74, 6) is -0.990. The van der Waals surface area contributed by atoms with Crippen LogP contribution >= 0.6 is 0 Å². The summed E-state index contributed by atoms with van der Waals surface area (Å²) in [5, 5.41) is 10.8. The molecule has 0 saturated carbocycles. The normalized spacial score (nSPS) is 10.8. The average molecular weight is 251 g/mol. The van der Waals surface area contributed by atoms with Gasteiger partial charge in [-0.2, -0.15) is 0 Å². The van der Waals surface area contributed by atoms with Gasteiger partial charge in [-0.15, -0.1) is 0 Å². The van der Waals surface area contributed by atoms with Crippen molar-refractivity contribution < 1.29 is 19.4 Å². The summed E-state index contributed by atoms with van der Waals surface area (Å²) in [6.45, 7) is 4.71. The summed E-state index contributed by atoms with van der Waals surface area (Å²) in [5.41, 5.74) is -0.0273. The molecule has 1 amide bonds. The lowest BCUT2D eigenvalue weighted by atomic mass is 10.1. The number of aryl methyl sites for hydroxylation is 1. The summed E-state index contributed by atoms with van der Waals surface area (Å²) >= 11 is 0. The van der Waals surface area contributed by atoms with E-state index < -0.39 is 24.0 Å². The predicted octanol–water partition coefficient (Wildman–Crippen LogP) is 1.35. The van der Waals surface area contributed by atoms with E-state index >= 15 is 0 Å². The van der Waals surface area contributed by atoms with E-state index in [0.717, 1.165) is 5.56 Å². The number of hydrogen-bond acceptors (Lipinski definition) is 3. The third-order valence-electron chi connectivity index (χ3n) is 2.34. The van der Waals surface area contributed by atoms with Crippen LogP contribution in [0.1, 0.15) is 19.4 Å². The molecular formula is C13H17NO4. The van der Waals surface area contributed by atoms with Gasteiger partial charge in [-0.3, -0.25) is 9.59 Å². The Morgan fingerprint density at radius 2 is 1.83 bits per heavy atom. The van der Waals surface area contributed by atoms with Crippen molar-refractivity contribution >= 4 is 11.9 Å². The Morgan fingerprint density at radius 1 is 1.28 bits per heavy atom. The highest BCUT2D eigenvalue weighted by Crippen LogP contribution is 2.18. The minimum absolute atomic E-state index is 0.417. The Bertz CT molecular complexity index is 437. The fourth-order valence-corrected chi connectivity index (χ4v) is 1.32. The van der Waals surface area contributed by atoms with Gasteiger partial charge in [0, 0.05) is 0 Å². The zero-order valence-corrected chi connectivity index (χ0v) is 10.7. The van der Waals surface area contributed by atoms with Crippen LogP contribution in [0.15, 0.2) is 24.3 Å². The molecule has 0 aliphatic rings. The molecule has 5 heteroatoms. The molecule has 0 heterocycles. The number of amides is 1. The van der Waals surface area contributed by atoms with Crippen LogP contribution in [0.3, 0.4) is 0 Å². The Hall–Kier alpha value is -2.04. The van der Waals surface area contributed by atoms with Crippen LogP contribution in [-0.4, -0.2) is 29.1 Å². The van der Waals surface area contributed by atoms with Gasteiger partial charge in [-0.1, -0.05) is 17.7 Å². The number of aliphatic carboxylic acids is 1. The Kier molecular flexibility index (Phi) is 4.31. The summed E-state index contributed by atoms with van der Waals surface area (Å²) in [6.07, 6.45) is 0. The Labute approximate surface area is 106 Å². The fourth-order valence-electron chi connectivity index (χ4n) is 1.32. The molecule has 0 unspecified atom stereocenters. The van der Waals surface area contributed by atoms with E-state index in [9.17, 15) is 9.59 Å². The van der Waals surface area contributed by atoms with Crippen molar-refractivity contribution in [2.24, 2.45) is 0 Å². The second kappa shape index (κ2) is 5.53. The highest BCUT2D eigenvalue weighted by atomic mass is 16.5. The highest BCUT2D eigenvalue weighted by molar-refractivity contribution is 5.87. The van der Waals surface area contributed by atoms with Crippen LogP contribution < -0.4 is 10.1 Å². The number of carboxylic acids is 1. The van der Waals surface area contributed by atoms with Crippen LogP contribution in [0.25, 0.3) is 0 Å². The second-order valence-electron chi connectivity index (χ2n) is 4.50. The van der Waals surface area contributed by atoms with Gasteiger partial charge in [0.1, 0.15) is 12.3 Å². The predicted molar refractivity (Wildman–Crippen MR) is 66.5 cm³/mol. The first-order chi connectivity index (χ1) is 8.31. The van der Waals surface area contributed by atoms with Gasteiger partial charge in [0.15, 0.2) is 5.60 Å². The average Bonchev–Trinajstić information content (AvgIpc) is 2.28. The lowest BCUT2D eigenvalue weighted by Gasteiger charge is -2.25. The highest BCUT2D eigenvalue weighted by Gasteiger charge is 2.30. The minimum atomic E-state index is -1.12. The number of hydrogen-bond donors (Lipinski definition) is 2. The van der Waals surface area contributed by atoms with E-state index in [1.54, 1.807) is 26.0 Å². The van der Waals surface area contributed by atoms with Gasteiger partial charge >= 0.3 is 5.97 Å². The topological polar surface area (TPSA) is 75.6 Å². The summed E-state index contributed by atoms with van der Waals surface area (Å²) in [6, 6.07) is 7.28. The standard InChI is InChI=1S/C13H17NO4/c1-9-4-6-10(7-5-9)18-13(2,3)12(17)14-8-11(15)16/h4-7H,8H2,1-3H3,(H,14,17)(H,15,16). The molecule has 0 radical (unpaired) electrons. The quantitative estimate of drug-likeness (QED) is 0.828. The summed E-state index contributed by atoms with van der Waals surface area (Å²) in [7, 11) is 0. The maximum Gasteiger partial charge on any atom is 0.322 e. The van der Waals surface area contributed by atoms with E-state index in [4.69, 9.17) is 9.84 Å². The molecule has 1 aromatic rings. The molecule has 0 aromatic heterocycles. The molecule has 0 bridgehead atoms. The lowest BCUT2D eigenvalue weighted by Crippen LogP contribution is -2.47. The van der Waals surface area contributed by atoms with Gasteiger partial charge < -0.3 is 15.2 Å². The van der Waals surface area contributed by atoms with Crippen LogP contribution in [0.4, 0.5) is 0 Å². The smallest absolute Gasteiger partial charge is 0.322 e. The molecule has 98 valence electrons. The van der Waals surface area contributed by atoms with Crippen LogP contribution in [0.2, 0.25) is 0 Å². The van der Waals surface area contributed by atoms with Gasteiger partial charge in [0.2, 0.25) is 0 Å². The molecule has 0 atom stereocenters. The van der Waals surface area contributed by atoms with E-state index in [1.165, 1.54) is 0 Å².